The Bertz CT molecular complexity index is 530. The lowest BCUT2D eigenvalue weighted by Gasteiger charge is -2.38. The lowest BCUT2D eigenvalue weighted by molar-refractivity contribution is -0.142. The fourth-order valence-electron chi connectivity index (χ4n) is 3.15. The molecular formula is C18H26N2O3. The van der Waals surface area contributed by atoms with Crippen LogP contribution in [0.2, 0.25) is 0 Å². The van der Waals surface area contributed by atoms with Gasteiger partial charge < -0.3 is 15.3 Å². The zero-order valence-electron chi connectivity index (χ0n) is 13.9. The van der Waals surface area contributed by atoms with Crippen LogP contribution >= 0.6 is 0 Å². The number of nitrogens with one attached hydrogen (secondary N) is 1. The minimum atomic E-state index is -0.796. The topological polar surface area (TPSA) is 69.6 Å². The van der Waals surface area contributed by atoms with E-state index in [0.29, 0.717) is 13.1 Å². The molecule has 1 aliphatic rings. The number of nitrogens with zero attached hydrogens (tertiary/aromatic N) is 1. The van der Waals surface area contributed by atoms with Crippen molar-refractivity contribution in [2.75, 3.05) is 13.1 Å². The van der Waals surface area contributed by atoms with Crippen LogP contribution in [0.4, 0.5) is 0 Å². The first-order valence-corrected chi connectivity index (χ1v) is 8.23. The zero-order chi connectivity index (χ0) is 16.8. The highest BCUT2D eigenvalue weighted by Crippen LogP contribution is 2.22. The average molecular weight is 318 g/mol. The first kappa shape index (κ1) is 17.5. The molecule has 1 aliphatic heterocycles. The smallest absolute Gasteiger partial charge is 0.303 e. The van der Waals surface area contributed by atoms with Crippen LogP contribution in [0.5, 0.6) is 0 Å². The van der Waals surface area contributed by atoms with Gasteiger partial charge in [-0.3, -0.25) is 9.59 Å². The Morgan fingerprint density at radius 1 is 1.26 bits per heavy atom. The molecule has 1 aromatic rings. The highest BCUT2D eigenvalue weighted by molar-refractivity contribution is 5.78. The molecule has 1 saturated heterocycles. The van der Waals surface area contributed by atoms with Crippen LogP contribution in [-0.2, 0) is 16.1 Å². The third kappa shape index (κ3) is 5.36. The van der Waals surface area contributed by atoms with Gasteiger partial charge in [0.25, 0.3) is 0 Å². The molecule has 126 valence electrons. The van der Waals surface area contributed by atoms with Crippen molar-refractivity contribution in [3.63, 3.8) is 0 Å². The summed E-state index contributed by atoms with van der Waals surface area (Å²) in [4.78, 5) is 25.2. The molecule has 1 amide bonds. The second kappa shape index (κ2) is 8.11. The summed E-state index contributed by atoms with van der Waals surface area (Å²) in [6.07, 6.45) is 0.909. The molecule has 1 heterocycles. The fraction of sp³-hybridized carbons (Fsp3) is 0.556. The van der Waals surface area contributed by atoms with Gasteiger partial charge in [-0.1, -0.05) is 44.2 Å². The summed E-state index contributed by atoms with van der Waals surface area (Å²) >= 11 is 0. The van der Waals surface area contributed by atoms with Gasteiger partial charge in [0.05, 0.1) is 0 Å². The zero-order valence-corrected chi connectivity index (χ0v) is 13.9. The van der Waals surface area contributed by atoms with E-state index in [1.165, 1.54) is 5.56 Å². The first-order chi connectivity index (χ1) is 11.0. The minimum absolute atomic E-state index is 0.0113. The number of carboxylic acids is 1. The molecule has 0 radical (unpaired) electrons. The van der Waals surface area contributed by atoms with E-state index >= 15 is 0 Å². The number of likely N-dealkylation sites (tertiary alicyclic amines) is 1. The standard InChI is InChI=1S/C18H26N2O3/c1-13(2)18(23)20-11-15(9-17(21)22)8-16(12-20)19-10-14-6-4-3-5-7-14/h3-7,13,15-16,19H,8-12H2,1-2H3,(H,21,22). The number of carboxylic acid groups (broad SMARTS) is 1. The normalized spacial score (nSPS) is 21.4. The number of aliphatic carboxylic acids is 1. The van der Waals surface area contributed by atoms with Crippen LogP contribution in [0.3, 0.4) is 0 Å². The van der Waals surface area contributed by atoms with Crippen LogP contribution in [0.1, 0.15) is 32.3 Å². The molecule has 0 bridgehead atoms. The van der Waals surface area contributed by atoms with Gasteiger partial charge >= 0.3 is 5.97 Å². The predicted molar refractivity (Wildman–Crippen MR) is 88.8 cm³/mol. The highest BCUT2D eigenvalue weighted by atomic mass is 16.4. The van der Waals surface area contributed by atoms with Crippen LogP contribution in [-0.4, -0.2) is 41.0 Å². The monoisotopic (exact) mass is 318 g/mol. The van der Waals surface area contributed by atoms with Crippen LogP contribution in [0, 0.1) is 11.8 Å². The number of rotatable bonds is 6. The number of benzene rings is 1. The van der Waals surface area contributed by atoms with Gasteiger partial charge in [0.15, 0.2) is 0 Å². The van der Waals surface area contributed by atoms with Crippen molar-refractivity contribution in [3.8, 4) is 0 Å². The predicted octanol–water partition coefficient (Wildman–Crippen LogP) is 2.12. The first-order valence-electron chi connectivity index (χ1n) is 8.23. The molecule has 2 N–H and O–H groups in total. The molecule has 2 atom stereocenters. The summed E-state index contributed by atoms with van der Waals surface area (Å²) in [6.45, 7) is 5.70. The van der Waals surface area contributed by atoms with Crippen molar-refractivity contribution in [2.24, 2.45) is 11.8 Å². The second-order valence-electron chi connectivity index (χ2n) is 6.66. The van der Waals surface area contributed by atoms with Gasteiger partial charge in [0.2, 0.25) is 5.91 Å². The van der Waals surface area contributed by atoms with Gasteiger partial charge in [0, 0.05) is 38.0 Å². The summed E-state index contributed by atoms with van der Waals surface area (Å²) < 4.78 is 0. The molecule has 0 saturated carbocycles. The largest absolute Gasteiger partial charge is 0.481 e. The fourth-order valence-corrected chi connectivity index (χ4v) is 3.15. The van der Waals surface area contributed by atoms with Gasteiger partial charge in [-0.05, 0) is 17.9 Å². The number of hydrogen-bond acceptors (Lipinski definition) is 3. The summed E-state index contributed by atoms with van der Waals surface area (Å²) in [5.74, 6) is -0.743. The van der Waals surface area contributed by atoms with Crippen molar-refractivity contribution in [1.29, 1.82) is 0 Å². The van der Waals surface area contributed by atoms with Crippen LogP contribution in [0.15, 0.2) is 30.3 Å². The van der Waals surface area contributed by atoms with Gasteiger partial charge in [0.1, 0.15) is 0 Å². The number of carbonyl (C=O) groups excluding carboxylic acids is 1. The summed E-state index contributed by atoms with van der Waals surface area (Å²) in [5.41, 5.74) is 1.19. The third-order valence-electron chi connectivity index (χ3n) is 4.24. The Morgan fingerprint density at radius 3 is 2.57 bits per heavy atom. The highest BCUT2D eigenvalue weighted by Gasteiger charge is 2.31. The number of piperidine rings is 1. The molecule has 2 rings (SSSR count). The van der Waals surface area contributed by atoms with Crippen molar-refractivity contribution < 1.29 is 14.7 Å². The van der Waals surface area contributed by atoms with E-state index in [4.69, 9.17) is 5.11 Å². The lowest BCUT2D eigenvalue weighted by Crippen LogP contribution is -2.52. The third-order valence-corrected chi connectivity index (χ3v) is 4.24. The Kier molecular flexibility index (Phi) is 6.16. The average Bonchev–Trinajstić information content (AvgIpc) is 2.52. The van der Waals surface area contributed by atoms with E-state index in [1.54, 1.807) is 0 Å². The molecule has 5 heteroatoms. The Labute approximate surface area is 137 Å². The molecule has 0 aliphatic carbocycles. The summed E-state index contributed by atoms with van der Waals surface area (Å²) in [5, 5.41) is 12.5. The Balaban J connectivity index is 1.99. The molecule has 23 heavy (non-hydrogen) atoms. The maximum atomic E-state index is 12.3. The van der Waals surface area contributed by atoms with E-state index in [1.807, 2.05) is 36.9 Å². The van der Waals surface area contributed by atoms with Crippen LogP contribution < -0.4 is 5.32 Å². The lowest BCUT2D eigenvalue weighted by atomic mass is 9.90. The van der Waals surface area contributed by atoms with Gasteiger partial charge in [-0.25, -0.2) is 0 Å². The van der Waals surface area contributed by atoms with Gasteiger partial charge in [-0.2, -0.15) is 0 Å². The molecule has 0 spiro atoms. The van der Waals surface area contributed by atoms with Crippen LogP contribution in [0.25, 0.3) is 0 Å². The van der Waals surface area contributed by atoms with E-state index in [-0.39, 0.29) is 30.2 Å². The molecule has 1 aromatic carbocycles. The molecule has 5 nitrogen and oxygen atoms in total. The van der Waals surface area contributed by atoms with Crippen molar-refractivity contribution in [1.82, 2.24) is 10.2 Å². The molecule has 1 fully saturated rings. The molecular weight excluding hydrogens is 292 g/mol. The Hall–Kier alpha value is -1.88. The van der Waals surface area contributed by atoms with Gasteiger partial charge in [-0.15, -0.1) is 0 Å². The minimum Gasteiger partial charge on any atom is -0.481 e. The number of carbonyl (C=O) groups is 2. The summed E-state index contributed by atoms with van der Waals surface area (Å²) in [7, 11) is 0. The Morgan fingerprint density at radius 2 is 1.96 bits per heavy atom. The number of amides is 1. The maximum absolute atomic E-state index is 12.3. The van der Waals surface area contributed by atoms with E-state index in [9.17, 15) is 9.59 Å². The molecule has 0 aromatic heterocycles. The van der Waals surface area contributed by atoms with E-state index in [0.717, 1.165) is 13.0 Å². The van der Waals surface area contributed by atoms with Crippen molar-refractivity contribution in [2.45, 2.75) is 39.3 Å². The maximum Gasteiger partial charge on any atom is 0.303 e. The van der Waals surface area contributed by atoms with Crippen molar-refractivity contribution in [3.05, 3.63) is 35.9 Å². The van der Waals surface area contributed by atoms with Crippen molar-refractivity contribution >= 4 is 11.9 Å². The SMILES string of the molecule is CC(C)C(=O)N1CC(CC(=O)O)CC(NCc2ccccc2)C1. The quantitative estimate of drug-likeness (QED) is 0.843. The van der Waals surface area contributed by atoms with E-state index < -0.39 is 5.97 Å². The summed E-state index contributed by atoms with van der Waals surface area (Å²) in [6, 6.07) is 10.2. The second-order valence-corrected chi connectivity index (χ2v) is 6.66. The number of hydrogen-bond donors (Lipinski definition) is 2. The van der Waals surface area contributed by atoms with E-state index in [2.05, 4.69) is 17.4 Å². The molecule has 2 unspecified atom stereocenters.